The van der Waals surface area contributed by atoms with Crippen LogP contribution in [0.5, 0.6) is 0 Å². The van der Waals surface area contributed by atoms with E-state index in [0.29, 0.717) is 18.8 Å². The molecule has 27 heavy (non-hydrogen) atoms. The molecule has 1 N–H and O–H groups in total. The molecule has 0 aliphatic rings. The first kappa shape index (κ1) is 18.6. The molecule has 0 radical (unpaired) electrons. The van der Waals surface area contributed by atoms with E-state index in [1.54, 1.807) is 23.9 Å². The van der Waals surface area contributed by atoms with E-state index in [-0.39, 0.29) is 12.4 Å². The number of aryl methyl sites for hydroxylation is 1. The molecule has 0 saturated heterocycles. The van der Waals surface area contributed by atoms with Crippen molar-refractivity contribution in [2.75, 3.05) is 5.32 Å². The molecule has 140 valence electrons. The van der Waals surface area contributed by atoms with Gasteiger partial charge in [0, 0.05) is 25.2 Å². The maximum absolute atomic E-state index is 12.0. The molecule has 0 spiro atoms. The van der Waals surface area contributed by atoms with Gasteiger partial charge in [-0.1, -0.05) is 42.5 Å². The van der Waals surface area contributed by atoms with Gasteiger partial charge in [0.15, 0.2) is 5.82 Å². The van der Waals surface area contributed by atoms with Crippen molar-refractivity contribution in [1.82, 2.24) is 9.78 Å². The molecule has 0 aliphatic heterocycles. The topological polar surface area (TPSA) is 73.2 Å². The molecule has 0 unspecified atom stereocenters. The van der Waals surface area contributed by atoms with Crippen molar-refractivity contribution in [3.63, 3.8) is 0 Å². The monoisotopic (exact) mass is 365 g/mol. The van der Waals surface area contributed by atoms with Crippen molar-refractivity contribution in [2.24, 2.45) is 0 Å². The molecule has 6 nitrogen and oxygen atoms in total. The van der Waals surface area contributed by atoms with Gasteiger partial charge in [-0.25, -0.2) is 4.79 Å². The lowest BCUT2D eigenvalue weighted by Gasteiger charge is -2.08. The second-order valence-electron chi connectivity index (χ2n) is 6.46. The molecule has 0 saturated carbocycles. The molecular weight excluding hydrogens is 342 g/mol. The maximum atomic E-state index is 12.0. The number of hydrogen-bond donors (Lipinski definition) is 1. The second kappa shape index (κ2) is 8.98. The van der Waals surface area contributed by atoms with E-state index in [9.17, 15) is 9.59 Å². The number of hydrogen-bond acceptors (Lipinski definition) is 4. The zero-order chi connectivity index (χ0) is 19.1. The Bertz CT molecular complexity index is 928. The third kappa shape index (κ3) is 5.41. The first-order valence-electron chi connectivity index (χ1n) is 9.05. The summed E-state index contributed by atoms with van der Waals surface area (Å²) in [6.45, 7) is 2.50. The Morgan fingerprint density at radius 3 is 2.74 bits per heavy atom. The predicted octanol–water partition coefficient (Wildman–Crippen LogP) is 4.54. The number of nitrogens with one attached hydrogen (secondary N) is 1. The van der Waals surface area contributed by atoms with Crippen molar-refractivity contribution < 1.29 is 14.3 Å². The third-order valence-corrected chi connectivity index (χ3v) is 4.28. The van der Waals surface area contributed by atoms with Gasteiger partial charge in [0.2, 0.25) is 0 Å². The minimum Gasteiger partial charge on any atom is -0.444 e. The number of aromatic nitrogens is 2. The summed E-state index contributed by atoms with van der Waals surface area (Å²) >= 11 is 0. The first-order valence-corrected chi connectivity index (χ1v) is 9.05. The smallest absolute Gasteiger partial charge is 0.413 e. The normalized spacial score (nSPS) is 10.7. The van der Waals surface area contributed by atoms with Gasteiger partial charge in [-0.05, 0) is 36.1 Å². The quantitative estimate of drug-likeness (QED) is 0.595. The molecule has 1 aromatic heterocycles. The highest BCUT2D eigenvalue weighted by Crippen LogP contribution is 2.19. The van der Waals surface area contributed by atoms with E-state index in [4.69, 9.17) is 4.74 Å². The number of carbonyl (C=O) groups is 2. The fourth-order valence-corrected chi connectivity index (χ4v) is 2.90. The van der Waals surface area contributed by atoms with Crippen LogP contribution in [0.25, 0.3) is 10.8 Å². The van der Waals surface area contributed by atoms with Crippen LogP contribution < -0.4 is 5.32 Å². The minimum atomic E-state index is -0.537. The van der Waals surface area contributed by atoms with E-state index >= 15 is 0 Å². The summed E-state index contributed by atoms with van der Waals surface area (Å²) in [5.41, 5.74) is 0.958. The van der Waals surface area contributed by atoms with E-state index < -0.39 is 6.09 Å². The molecule has 0 fully saturated rings. The van der Waals surface area contributed by atoms with Crippen LogP contribution in [0.1, 0.15) is 31.7 Å². The number of unbranched alkanes of at least 4 members (excludes halogenated alkanes) is 1. The van der Waals surface area contributed by atoms with Gasteiger partial charge in [0.05, 0.1) is 0 Å². The standard InChI is InChI=1S/C21H23N3O3/c1-16(25)7-4-5-13-24-14-12-20(23-24)22-21(26)27-15-18-10-6-9-17-8-2-3-11-19(17)18/h2-3,6,8-12,14H,4-5,7,13,15H2,1H3,(H,22,23,26). The number of rotatable bonds is 8. The van der Waals surface area contributed by atoms with Gasteiger partial charge >= 0.3 is 6.09 Å². The van der Waals surface area contributed by atoms with Gasteiger partial charge < -0.3 is 9.53 Å². The summed E-state index contributed by atoms with van der Waals surface area (Å²) in [5.74, 6) is 0.649. The molecule has 3 rings (SSSR count). The van der Waals surface area contributed by atoms with Crippen molar-refractivity contribution in [3.05, 3.63) is 60.3 Å². The summed E-state index contributed by atoms with van der Waals surface area (Å²) in [6, 6.07) is 15.6. The molecule has 1 heterocycles. The zero-order valence-electron chi connectivity index (χ0n) is 15.4. The van der Waals surface area contributed by atoms with Crippen molar-refractivity contribution >= 4 is 28.5 Å². The van der Waals surface area contributed by atoms with Crippen LogP contribution in [0, 0.1) is 0 Å². The Labute approximate surface area is 158 Å². The molecule has 0 atom stereocenters. The number of amides is 1. The molecule has 3 aromatic rings. The van der Waals surface area contributed by atoms with Gasteiger partial charge in [0.1, 0.15) is 12.4 Å². The Hall–Kier alpha value is -3.15. The molecule has 0 bridgehead atoms. The van der Waals surface area contributed by atoms with Crippen molar-refractivity contribution in [1.29, 1.82) is 0 Å². The number of anilines is 1. The SMILES string of the molecule is CC(=O)CCCCn1ccc(NC(=O)OCc2cccc3ccccc23)n1. The van der Waals surface area contributed by atoms with Crippen LogP contribution in [0.15, 0.2) is 54.7 Å². The first-order chi connectivity index (χ1) is 13.1. The van der Waals surface area contributed by atoms with Crippen LogP contribution in [0.2, 0.25) is 0 Å². The minimum absolute atomic E-state index is 0.193. The van der Waals surface area contributed by atoms with Crippen molar-refractivity contribution in [3.8, 4) is 0 Å². The third-order valence-electron chi connectivity index (χ3n) is 4.28. The average Bonchev–Trinajstić information content (AvgIpc) is 3.10. The van der Waals surface area contributed by atoms with E-state index in [0.717, 1.165) is 29.2 Å². The summed E-state index contributed by atoms with van der Waals surface area (Å²) in [6.07, 6.45) is 3.56. The number of carbonyl (C=O) groups excluding carboxylic acids is 2. The number of benzene rings is 2. The second-order valence-corrected chi connectivity index (χ2v) is 6.46. The zero-order valence-corrected chi connectivity index (χ0v) is 15.4. The highest BCUT2D eigenvalue weighted by atomic mass is 16.5. The Kier molecular flexibility index (Phi) is 6.20. The van der Waals surface area contributed by atoms with Gasteiger partial charge in [-0.15, -0.1) is 0 Å². The molecule has 1 amide bonds. The Morgan fingerprint density at radius 1 is 1.07 bits per heavy atom. The Balaban J connectivity index is 1.49. The van der Waals surface area contributed by atoms with Crippen LogP contribution in [-0.2, 0) is 22.7 Å². The molecule has 2 aromatic carbocycles. The summed E-state index contributed by atoms with van der Waals surface area (Å²) < 4.78 is 7.09. The van der Waals surface area contributed by atoms with E-state index in [1.165, 1.54) is 0 Å². The van der Waals surface area contributed by atoms with Gasteiger partial charge in [0.25, 0.3) is 0 Å². The van der Waals surface area contributed by atoms with Crippen LogP contribution in [-0.4, -0.2) is 21.7 Å². The maximum Gasteiger partial charge on any atom is 0.413 e. The highest BCUT2D eigenvalue weighted by Gasteiger charge is 2.08. The van der Waals surface area contributed by atoms with Crippen molar-refractivity contribution in [2.45, 2.75) is 39.3 Å². The van der Waals surface area contributed by atoms with E-state index in [1.807, 2.05) is 42.5 Å². The van der Waals surface area contributed by atoms with E-state index in [2.05, 4.69) is 10.4 Å². The number of Topliss-reactive ketones (excluding diaryl/α,β-unsaturated/α-hetero) is 1. The highest BCUT2D eigenvalue weighted by molar-refractivity contribution is 5.86. The fourth-order valence-electron chi connectivity index (χ4n) is 2.90. The predicted molar refractivity (Wildman–Crippen MR) is 105 cm³/mol. The molecular formula is C21H23N3O3. The Morgan fingerprint density at radius 2 is 1.89 bits per heavy atom. The largest absolute Gasteiger partial charge is 0.444 e. The lowest BCUT2D eigenvalue weighted by molar-refractivity contribution is -0.117. The average molecular weight is 365 g/mol. The number of nitrogens with zero attached hydrogens (tertiary/aromatic N) is 2. The lowest BCUT2D eigenvalue weighted by atomic mass is 10.1. The van der Waals surface area contributed by atoms with Crippen LogP contribution >= 0.6 is 0 Å². The van der Waals surface area contributed by atoms with Gasteiger partial charge in [-0.3, -0.25) is 10.00 Å². The van der Waals surface area contributed by atoms with Gasteiger partial charge in [-0.2, -0.15) is 5.10 Å². The van der Waals surface area contributed by atoms with Crippen LogP contribution in [0.4, 0.5) is 10.6 Å². The molecule has 0 aliphatic carbocycles. The summed E-state index contributed by atoms with van der Waals surface area (Å²) in [4.78, 5) is 23.0. The number of fused-ring (bicyclic) bond motifs is 1. The van der Waals surface area contributed by atoms with Crippen LogP contribution in [0.3, 0.4) is 0 Å². The fraction of sp³-hybridized carbons (Fsp3) is 0.286. The lowest BCUT2D eigenvalue weighted by Crippen LogP contribution is -2.14. The number of ether oxygens (including phenoxy) is 1. The molecule has 6 heteroatoms. The summed E-state index contributed by atoms with van der Waals surface area (Å²) in [5, 5.41) is 9.12. The summed E-state index contributed by atoms with van der Waals surface area (Å²) in [7, 11) is 0. The number of ketones is 1.